The first-order valence-corrected chi connectivity index (χ1v) is 7.07. The third kappa shape index (κ3) is 3.14. The van der Waals surface area contributed by atoms with E-state index in [0.29, 0.717) is 6.04 Å². The molecule has 0 spiro atoms. The van der Waals surface area contributed by atoms with Gasteiger partial charge in [0.1, 0.15) is 5.82 Å². The number of benzene rings is 1. The van der Waals surface area contributed by atoms with Crippen LogP contribution in [0.2, 0.25) is 0 Å². The number of nitrogens with zero attached hydrogens (tertiary/aromatic N) is 1. The summed E-state index contributed by atoms with van der Waals surface area (Å²) in [4.78, 5) is 8.01. The van der Waals surface area contributed by atoms with Crippen LogP contribution in [0.3, 0.4) is 0 Å². The van der Waals surface area contributed by atoms with E-state index in [0.717, 1.165) is 55.9 Å². The number of hydrogen-bond acceptors (Lipinski definition) is 3. The largest absolute Gasteiger partial charge is 0.381 e. The molecular formula is C15H21N3O. The molecule has 1 aromatic heterocycles. The van der Waals surface area contributed by atoms with E-state index in [1.54, 1.807) is 0 Å². The molecule has 4 nitrogen and oxygen atoms in total. The Hall–Kier alpha value is -1.39. The highest BCUT2D eigenvalue weighted by molar-refractivity contribution is 5.75. The van der Waals surface area contributed by atoms with Gasteiger partial charge in [-0.05, 0) is 37.5 Å². The van der Waals surface area contributed by atoms with Gasteiger partial charge in [0.05, 0.1) is 11.0 Å². The molecule has 2 aromatic rings. The second-order valence-electron chi connectivity index (χ2n) is 5.29. The number of rotatable bonds is 4. The summed E-state index contributed by atoms with van der Waals surface area (Å²) in [6.07, 6.45) is 3.20. The van der Waals surface area contributed by atoms with Crippen molar-refractivity contribution in [3.63, 3.8) is 0 Å². The lowest BCUT2D eigenvalue weighted by atomic mass is 10.1. The molecule has 2 N–H and O–H groups in total. The Morgan fingerprint density at radius 1 is 1.37 bits per heavy atom. The van der Waals surface area contributed by atoms with Crippen molar-refractivity contribution < 1.29 is 4.74 Å². The molecule has 0 amide bonds. The number of aryl methyl sites for hydroxylation is 1. The molecule has 0 aliphatic carbocycles. The van der Waals surface area contributed by atoms with Gasteiger partial charge in [0.15, 0.2) is 0 Å². The number of fused-ring (bicyclic) bond motifs is 1. The number of aromatic nitrogens is 2. The van der Waals surface area contributed by atoms with Gasteiger partial charge in [0.2, 0.25) is 0 Å². The fraction of sp³-hybridized carbons (Fsp3) is 0.533. The zero-order valence-electron chi connectivity index (χ0n) is 11.4. The minimum atomic E-state index is 0.611. The van der Waals surface area contributed by atoms with E-state index in [1.807, 2.05) is 0 Å². The van der Waals surface area contributed by atoms with Crippen LogP contribution in [0.15, 0.2) is 18.2 Å². The van der Waals surface area contributed by atoms with E-state index >= 15 is 0 Å². The average Bonchev–Trinajstić information content (AvgIpc) is 2.82. The summed E-state index contributed by atoms with van der Waals surface area (Å²) in [5, 5.41) is 3.59. The molecule has 19 heavy (non-hydrogen) atoms. The monoisotopic (exact) mass is 259 g/mol. The van der Waals surface area contributed by atoms with Gasteiger partial charge >= 0.3 is 0 Å². The Kier molecular flexibility index (Phi) is 3.80. The highest BCUT2D eigenvalue weighted by Crippen LogP contribution is 2.13. The lowest BCUT2D eigenvalue weighted by Crippen LogP contribution is -2.36. The average molecular weight is 259 g/mol. The quantitative estimate of drug-likeness (QED) is 0.885. The van der Waals surface area contributed by atoms with Crippen LogP contribution < -0.4 is 5.32 Å². The molecule has 1 aromatic carbocycles. The van der Waals surface area contributed by atoms with Crippen molar-refractivity contribution in [3.05, 3.63) is 29.6 Å². The Labute approximate surface area is 113 Å². The first-order valence-electron chi connectivity index (χ1n) is 7.07. The van der Waals surface area contributed by atoms with Crippen LogP contribution in [0.4, 0.5) is 0 Å². The standard InChI is InChI=1S/C15H21N3O/c1-11-2-3-13-14(10-11)18-15(17-13)4-7-16-12-5-8-19-9-6-12/h2-3,10,12,16H,4-9H2,1H3,(H,17,18). The van der Waals surface area contributed by atoms with Gasteiger partial charge in [-0.1, -0.05) is 6.07 Å². The van der Waals surface area contributed by atoms with Crippen molar-refractivity contribution >= 4 is 11.0 Å². The third-order valence-electron chi connectivity index (χ3n) is 3.70. The summed E-state index contributed by atoms with van der Waals surface area (Å²) in [6, 6.07) is 6.95. The lowest BCUT2D eigenvalue weighted by Gasteiger charge is -2.22. The van der Waals surface area contributed by atoms with Gasteiger partial charge < -0.3 is 15.0 Å². The van der Waals surface area contributed by atoms with Crippen LogP contribution in [0.1, 0.15) is 24.2 Å². The number of ether oxygens (including phenoxy) is 1. The van der Waals surface area contributed by atoms with Crippen LogP contribution in [0.25, 0.3) is 11.0 Å². The fourth-order valence-corrected chi connectivity index (χ4v) is 2.59. The molecule has 4 heteroatoms. The maximum absolute atomic E-state index is 5.36. The first-order chi connectivity index (χ1) is 9.31. The van der Waals surface area contributed by atoms with Crippen molar-refractivity contribution in [1.29, 1.82) is 0 Å². The molecule has 0 saturated carbocycles. The van der Waals surface area contributed by atoms with Crippen molar-refractivity contribution in [3.8, 4) is 0 Å². The summed E-state index contributed by atoms with van der Waals surface area (Å²) >= 11 is 0. The molecule has 1 aliphatic rings. The molecule has 1 fully saturated rings. The van der Waals surface area contributed by atoms with Crippen LogP contribution >= 0.6 is 0 Å². The smallest absolute Gasteiger partial charge is 0.108 e. The third-order valence-corrected chi connectivity index (χ3v) is 3.70. The predicted molar refractivity (Wildman–Crippen MR) is 76.4 cm³/mol. The van der Waals surface area contributed by atoms with Crippen LogP contribution in [-0.2, 0) is 11.2 Å². The molecule has 0 radical (unpaired) electrons. The number of imidazole rings is 1. The molecule has 0 unspecified atom stereocenters. The van der Waals surface area contributed by atoms with Crippen molar-refractivity contribution in [2.45, 2.75) is 32.2 Å². The van der Waals surface area contributed by atoms with Crippen LogP contribution in [0.5, 0.6) is 0 Å². The van der Waals surface area contributed by atoms with Crippen molar-refractivity contribution in [2.75, 3.05) is 19.8 Å². The van der Waals surface area contributed by atoms with Crippen molar-refractivity contribution in [2.24, 2.45) is 0 Å². The summed E-state index contributed by atoms with van der Waals surface area (Å²) in [5.74, 6) is 1.07. The van der Waals surface area contributed by atoms with E-state index in [4.69, 9.17) is 4.74 Å². The molecule has 2 heterocycles. The summed E-state index contributed by atoms with van der Waals surface area (Å²) in [6.45, 7) is 4.86. The zero-order valence-corrected chi connectivity index (χ0v) is 11.4. The number of H-pyrrole nitrogens is 1. The Bertz CT molecular complexity index is 543. The van der Waals surface area contributed by atoms with Gasteiger partial charge in [0.25, 0.3) is 0 Å². The van der Waals surface area contributed by atoms with E-state index in [2.05, 4.69) is 40.4 Å². The van der Waals surface area contributed by atoms with Gasteiger partial charge in [-0.15, -0.1) is 0 Å². The lowest BCUT2D eigenvalue weighted by molar-refractivity contribution is 0.0782. The Morgan fingerprint density at radius 3 is 3.05 bits per heavy atom. The maximum atomic E-state index is 5.36. The Morgan fingerprint density at radius 2 is 2.21 bits per heavy atom. The van der Waals surface area contributed by atoms with E-state index in [-0.39, 0.29) is 0 Å². The van der Waals surface area contributed by atoms with Crippen molar-refractivity contribution in [1.82, 2.24) is 15.3 Å². The zero-order chi connectivity index (χ0) is 13.1. The Balaban J connectivity index is 1.56. The van der Waals surface area contributed by atoms with E-state index in [9.17, 15) is 0 Å². The SMILES string of the molecule is Cc1ccc2nc(CCNC3CCOCC3)[nH]c2c1. The number of nitrogens with one attached hydrogen (secondary N) is 2. The molecule has 0 bridgehead atoms. The first kappa shape index (κ1) is 12.6. The minimum absolute atomic E-state index is 0.611. The van der Waals surface area contributed by atoms with Gasteiger partial charge in [-0.25, -0.2) is 4.98 Å². The normalized spacial score (nSPS) is 17.1. The number of hydrogen-bond donors (Lipinski definition) is 2. The molecule has 1 aliphatic heterocycles. The molecule has 102 valence electrons. The van der Waals surface area contributed by atoms with E-state index < -0.39 is 0 Å². The van der Waals surface area contributed by atoms with Crippen LogP contribution in [-0.4, -0.2) is 35.8 Å². The fourth-order valence-electron chi connectivity index (χ4n) is 2.59. The maximum Gasteiger partial charge on any atom is 0.108 e. The highest BCUT2D eigenvalue weighted by atomic mass is 16.5. The molecule has 3 rings (SSSR count). The van der Waals surface area contributed by atoms with E-state index in [1.165, 1.54) is 5.56 Å². The summed E-state index contributed by atoms with van der Waals surface area (Å²) in [7, 11) is 0. The van der Waals surface area contributed by atoms with Crippen LogP contribution in [0, 0.1) is 6.92 Å². The number of aromatic amines is 1. The van der Waals surface area contributed by atoms with Gasteiger partial charge in [0, 0.05) is 32.2 Å². The second kappa shape index (κ2) is 5.72. The van der Waals surface area contributed by atoms with Gasteiger partial charge in [-0.2, -0.15) is 0 Å². The summed E-state index contributed by atoms with van der Waals surface area (Å²) < 4.78 is 5.36. The molecule has 1 saturated heterocycles. The molecule has 0 atom stereocenters. The van der Waals surface area contributed by atoms with Gasteiger partial charge in [-0.3, -0.25) is 0 Å². The predicted octanol–water partition coefficient (Wildman–Crippen LogP) is 2.18. The summed E-state index contributed by atoms with van der Waals surface area (Å²) in [5.41, 5.74) is 3.47. The second-order valence-corrected chi connectivity index (χ2v) is 5.29. The topological polar surface area (TPSA) is 49.9 Å². The highest BCUT2D eigenvalue weighted by Gasteiger charge is 2.12. The molecular weight excluding hydrogens is 238 g/mol. The minimum Gasteiger partial charge on any atom is -0.381 e.